The maximum Gasteiger partial charge on any atom is 0.278 e. The largest absolute Gasteiger partial charge is 0.394 e. The second kappa shape index (κ2) is 4.16. The van der Waals surface area contributed by atoms with Crippen LogP contribution in [0.3, 0.4) is 0 Å². The van der Waals surface area contributed by atoms with Crippen molar-refractivity contribution in [3.05, 3.63) is 23.0 Å². The Hall–Kier alpha value is -1.77. The van der Waals surface area contributed by atoms with E-state index in [1.807, 2.05) is 0 Å². The van der Waals surface area contributed by atoms with Crippen LogP contribution in [0, 0.1) is 0 Å². The number of rotatable bonds is 2. The third-order valence-electron chi connectivity index (χ3n) is 3.16. The van der Waals surface area contributed by atoms with Crippen LogP contribution in [0.2, 0.25) is 0 Å². The van der Waals surface area contributed by atoms with E-state index >= 15 is 0 Å². The van der Waals surface area contributed by atoms with Gasteiger partial charge >= 0.3 is 0 Å². The van der Waals surface area contributed by atoms with Crippen molar-refractivity contribution in [2.75, 3.05) is 13.2 Å². The number of nitrogens with one attached hydrogen (secondary N) is 1. The number of ether oxygens (including phenoxy) is 1. The molecule has 0 amide bonds. The lowest BCUT2D eigenvalue weighted by Gasteiger charge is -2.16. The summed E-state index contributed by atoms with van der Waals surface area (Å²) in [6.07, 6.45) is 1.27. The molecule has 3 rings (SSSR count). The van der Waals surface area contributed by atoms with Crippen molar-refractivity contribution in [3.63, 3.8) is 0 Å². The van der Waals surface area contributed by atoms with E-state index in [1.54, 1.807) is 4.57 Å². The molecule has 0 aliphatic carbocycles. The molecule has 0 aromatic carbocycles. The summed E-state index contributed by atoms with van der Waals surface area (Å²) in [5, 5.41) is 19.0. The quantitative estimate of drug-likeness (QED) is 0.594. The highest BCUT2D eigenvalue weighted by molar-refractivity contribution is 5.68. The van der Waals surface area contributed by atoms with Crippen molar-refractivity contribution in [1.82, 2.24) is 19.5 Å². The zero-order chi connectivity index (χ0) is 12.7. The van der Waals surface area contributed by atoms with Crippen LogP contribution in [0.1, 0.15) is 6.04 Å². The summed E-state index contributed by atoms with van der Waals surface area (Å²) in [5.74, 6) is 0. The zero-order valence-electron chi connectivity index (χ0n) is 9.35. The lowest BCUT2D eigenvalue weighted by molar-refractivity contribution is 0.00206. The van der Waals surface area contributed by atoms with Crippen LogP contribution in [0.25, 0.3) is 11.2 Å². The van der Waals surface area contributed by atoms with E-state index < -0.39 is 18.2 Å². The summed E-state index contributed by atoms with van der Waals surface area (Å²) < 4.78 is 6.87. The van der Waals surface area contributed by atoms with Crippen molar-refractivity contribution >= 4 is 11.2 Å². The van der Waals surface area contributed by atoms with Gasteiger partial charge in [0, 0.05) is 0 Å². The van der Waals surface area contributed by atoms with Crippen molar-refractivity contribution in [3.8, 4) is 0 Å². The van der Waals surface area contributed by atoms with Crippen LogP contribution < -0.4 is 5.56 Å². The highest BCUT2D eigenvalue weighted by atomic mass is 16.5. The predicted octanol–water partition coefficient (Wildman–Crippen LogP) is -1.59. The summed E-state index contributed by atoms with van der Waals surface area (Å²) in [7, 11) is 0. The number of hydrogen-bond acceptors (Lipinski definition) is 6. The molecule has 8 heteroatoms. The van der Waals surface area contributed by atoms with Crippen LogP contribution in [-0.4, -0.2) is 55.2 Å². The van der Waals surface area contributed by atoms with Gasteiger partial charge in [-0.25, -0.2) is 9.97 Å². The highest BCUT2D eigenvalue weighted by Gasteiger charge is 2.37. The smallest absolute Gasteiger partial charge is 0.278 e. The minimum absolute atomic E-state index is 0.220. The maximum absolute atomic E-state index is 11.5. The minimum Gasteiger partial charge on any atom is -0.394 e. The van der Waals surface area contributed by atoms with Gasteiger partial charge in [-0.1, -0.05) is 0 Å². The van der Waals surface area contributed by atoms with E-state index in [1.165, 1.54) is 12.7 Å². The van der Waals surface area contributed by atoms with E-state index in [9.17, 15) is 9.90 Å². The SMILES string of the molecule is O=c1[nH]cnc2c1ncn2C1COC(CO)[C@@H]1O. The summed E-state index contributed by atoms with van der Waals surface area (Å²) in [4.78, 5) is 22.0. The van der Waals surface area contributed by atoms with Gasteiger partial charge in [0.2, 0.25) is 0 Å². The van der Waals surface area contributed by atoms with Crippen LogP contribution in [0.4, 0.5) is 0 Å². The van der Waals surface area contributed by atoms with Crippen LogP contribution in [0.5, 0.6) is 0 Å². The molecule has 2 aromatic heterocycles. The molecule has 1 aliphatic rings. The van der Waals surface area contributed by atoms with Gasteiger partial charge in [-0.05, 0) is 0 Å². The summed E-state index contributed by atoms with van der Waals surface area (Å²) in [6, 6.07) is -0.401. The van der Waals surface area contributed by atoms with Gasteiger partial charge in [-0.3, -0.25) is 4.79 Å². The molecule has 0 saturated carbocycles. The van der Waals surface area contributed by atoms with Crippen molar-refractivity contribution < 1.29 is 14.9 Å². The molecule has 0 spiro atoms. The fraction of sp³-hybridized carbons (Fsp3) is 0.500. The molecule has 2 unspecified atom stereocenters. The summed E-state index contributed by atoms with van der Waals surface area (Å²) in [6.45, 7) is -0.00929. The number of aromatic nitrogens is 4. The first-order valence-corrected chi connectivity index (χ1v) is 5.53. The van der Waals surface area contributed by atoms with E-state index in [-0.39, 0.29) is 24.3 Å². The molecule has 3 N–H and O–H groups in total. The van der Waals surface area contributed by atoms with Crippen molar-refractivity contribution in [2.24, 2.45) is 0 Å². The topological polar surface area (TPSA) is 113 Å². The van der Waals surface area contributed by atoms with Gasteiger partial charge in [0.1, 0.15) is 12.2 Å². The average molecular weight is 252 g/mol. The Morgan fingerprint density at radius 2 is 2.39 bits per heavy atom. The number of aliphatic hydroxyl groups excluding tert-OH is 2. The van der Waals surface area contributed by atoms with Crippen LogP contribution >= 0.6 is 0 Å². The molecule has 18 heavy (non-hydrogen) atoms. The van der Waals surface area contributed by atoms with Crippen molar-refractivity contribution in [1.29, 1.82) is 0 Å². The van der Waals surface area contributed by atoms with Gasteiger partial charge in [-0.15, -0.1) is 0 Å². The second-order valence-electron chi connectivity index (χ2n) is 4.17. The molecule has 8 nitrogen and oxygen atoms in total. The third-order valence-corrected chi connectivity index (χ3v) is 3.16. The Kier molecular flexibility index (Phi) is 2.62. The first-order valence-electron chi connectivity index (χ1n) is 5.53. The van der Waals surface area contributed by atoms with Crippen LogP contribution in [-0.2, 0) is 4.74 Å². The summed E-state index contributed by atoms with van der Waals surface area (Å²) >= 11 is 0. The molecule has 2 aromatic rings. The average Bonchev–Trinajstić information content (AvgIpc) is 2.93. The van der Waals surface area contributed by atoms with E-state index in [0.717, 1.165) is 0 Å². The molecule has 0 bridgehead atoms. The fourth-order valence-electron chi connectivity index (χ4n) is 2.18. The van der Waals surface area contributed by atoms with Gasteiger partial charge in [0.25, 0.3) is 5.56 Å². The molecule has 3 heterocycles. The van der Waals surface area contributed by atoms with Gasteiger partial charge in [0.15, 0.2) is 11.2 Å². The van der Waals surface area contributed by atoms with Gasteiger partial charge in [0.05, 0.1) is 31.9 Å². The fourth-order valence-corrected chi connectivity index (χ4v) is 2.18. The Morgan fingerprint density at radius 1 is 1.56 bits per heavy atom. The molecular weight excluding hydrogens is 240 g/mol. The molecule has 1 saturated heterocycles. The molecule has 1 fully saturated rings. The number of nitrogens with zero attached hydrogens (tertiary/aromatic N) is 3. The number of H-pyrrole nitrogens is 1. The number of hydrogen-bond donors (Lipinski definition) is 3. The third kappa shape index (κ3) is 1.54. The maximum atomic E-state index is 11.5. The molecule has 96 valence electrons. The van der Waals surface area contributed by atoms with E-state index in [0.29, 0.717) is 5.65 Å². The Morgan fingerprint density at radius 3 is 3.11 bits per heavy atom. The Labute approximate surface area is 101 Å². The molecule has 3 atom stereocenters. The Bertz CT molecular complexity index is 622. The normalized spacial score (nSPS) is 28.0. The standard InChI is InChI=1S/C10H12N4O4/c15-1-6-8(16)5(2-18-6)14-4-13-7-9(14)11-3-12-10(7)17/h3-6,8,15-16H,1-2H2,(H,11,12,17)/t5?,6?,8-/m1/s1. The number of fused-ring (bicyclic) bond motifs is 1. The molecular formula is C10H12N4O4. The van der Waals surface area contributed by atoms with Gasteiger partial charge in [-0.2, -0.15) is 0 Å². The molecule has 1 aliphatic heterocycles. The number of aliphatic hydroxyl groups is 2. The van der Waals surface area contributed by atoms with Crippen LogP contribution in [0.15, 0.2) is 17.4 Å². The predicted molar refractivity (Wildman–Crippen MR) is 60.0 cm³/mol. The molecule has 0 radical (unpaired) electrons. The number of imidazole rings is 1. The van der Waals surface area contributed by atoms with Gasteiger partial charge < -0.3 is 24.5 Å². The van der Waals surface area contributed by atoms with Crippen molar-refractivity contribution in [2.45, 2.75) is 18.2 Å². The highest BCUT2D eigenvalue weighted by Crippen LogP contribution is 2.26. The minimum atomic E-state index is -0.853. The monoisotopic (exact) mass is 252 g/mol. The zero-order valence-corrected chi connectivity index (χ0v) is 9.35. The van der Waals surface area contributed by atoms with E-state index in [4.69, 9.17) is 9.84 Å². The lowest BCUT2D eigenvalue weighted by Crippen LogP contribution is -2.30. The number of aromatic amines is 1. The first kappa shape index (κ1) is 11.3. The lowest BCUT2D eigenvalue weighted by atomic mass is 10.1. The second-order valence-corrected chi connectivity index (χ2v) is 4.17. The van der Waals surface area contributed by atoms with E-state index in [2.05, 4.69) is 15.0 Å². The Balaban J connectivity index is 2.06. The first-order chi connectivity index (χ1) is 8.72. The summed E-state index contributed by atoms with van der Waals surface area (Å²) in [5.41, 5.74) is 0.285.